The molecule has 31 heavy (non-hydrogen) atoms. The van der Waals surface area contributed by atoms with Gasteiger partial charge in [-0.2, -0.15) is 0 Å². The van der Waals surface area contributed by atoms with E-state index in [9.17, 15) is 19.8 Å². The number of amides is 1. The number of piperidine rings is 4. The Morgan fingerprint density at radius 2 is 1.81 bits per heavy atom. The van der Waals surface area contributed by atoms with Crippen molar-refractivity contribution in [3.05, 3.63) is 17.7 Å². The molecule has 1 aromatic carbocycles. The summed E-state index contributed by atoms with van der Waals surface area (Å²) in [7, 11) is 1.33. The molecule has 5 rings (SSSR count). The molecule has 4 fully saturated rings. The summed E-state index contributed by atoms with van der Waals surface area (Å²) in [5, 5.41) is 19.9. The normalized spacial score (nSPS) is 32.7. The Morgan fingerprint density at radius 3 is 2.55 bits per heavy atom. The SMILES string of the molecule is COc1c(O)cc(C(=O)O[C@H]2CCN3C[C@@H]4C[C@@H](CN5C(=O)CCC[C@H]45)[C@@H]3C2)cc1O. The standard InChI is InChI=1S/C23H30N2O6/c1-30-22-19(26)8-13(9-20(22)27)23(29)31-16-5-6-24-11-14-7-15(18(24)10-16)12-25-17(14)3-2-4-21(25)28/h8-9,14-18,26-27H,2-7,10-12H2,1H3/t14-,15-,16-,17+,18-/m0/s1. The summed E-state index contributed by atoms with van der Waals surface area (Å²) in [4.78, 5) is 29.8. The molecule has 8 heteroatoms. The first-order valence-corrected chi connectivity index (χ1v) is 11.3. The highest BCUT2D eigenvalue weighted by molar-refractivity contribution is 5.91. The van der Waals surface area contributed by atoms with Crippen molar-refractivity contribution in [1.29, 1.82) is 0 Å². The molecule has 2 bridgehead atoms. The van der Waals surface area contributed by atoms with E-state index in [0.717, 1.165) is 51.7 Å². The number of ether oxygens (including phenoxy) is 2. The summed E-state index contributed by atoms with van der Waals surface area (Å²) in [5.74, 6) is 0.0596. The van der Waals surface area contributed by atoms with Gasteiger partial charge in [-0.05, 0) is 49.7 Å². The van der Waals surface area contributed by atoms with Crippen LogP contribution in [0.2, 0.25) is 0 Å². The van der Waals surface area contributed by atoms with Crippen molar-refractivity contribution in [2.45, 2.75) is 56.7 Å². The topological polar surface area (TPSA) is 99.5 Å². The first kappa shape index (κ1) is 20.4. The van der Waals surface area contributed by atoms with Gasteiger partial charge in [0.1, 0.15) is 6.10 Å². The molecule has 5 atom stereocenters. The lowest BCUT2D eigenvalue weighted by Crippen LogP contribution is -2.65. The van der Waals surface area contributed by atoms with E-state index in [2.05, 4.69) is 9.80 Å². The molecule has 0 spiro atoms. The van der Waals surface area contributed by atoms with E-state index in [4.69, 9.17) is 9.47 Å². The van der Waals surface area contributed by atoms with Crippen molar-refractivity contribution in [2.24, 2.45) is 11.8 Å². The Morgan fingerprint density at radius 1 is 1.06 bits per heavy atom. The molecular formula is C23H30N2O6. The Labute approximate surface area is 181 Å². The second-order valence-corrected chi connectivity index (χ2v) is 9.42. The zero-order valence-electron chi connectivity index (χ0n) is 17.8. The van der Waals surface area contributed by atoms with Gasteiger partial charge in [0.05, 0.1) is 12.7 Å². The molecule has 1 amide bonds. The number of hydrogen-bond acceptors (Lipinski definition) is 7. The lowest BCUT2D eigenvalue weighted by atomic mass is 9.70. The van der Waals surface area contributed by atoms with Crippen LogP contribution in [0.3, 0.4) is 0 Å². The predicted octanol–water partition coefficient (Wildman–Crippen LogP) is 2.13. The van der Waals surface area contributed by atoms with Crippen LogP contribution in [0.4, 0.5) is 0 Å². The third kappa shape index (κ3) is 3.60. The highest BCUT2D eigenvalue weighted by Gasteiger charge is 2.49. The highest BCUT2D eigenvalue weighted by atomic mass is 16.5. The Balaban J connectivity index is 1.26. The third-order valence-electron chi connectivity index (χ3n) is 7.68. The molecule has 4 aliphatic rings. The minimum atomic E-state index is -0.560. The van der Waals surface area contributed by atoms with Crippen LogP contribution in [0.15, 0.2) is 12.1 Å². The number of carbonyl (C=O) groups excluding carboxylic acids is 2. The van der Waals surface area contributed by atoms with Gasteiger partial charge >= 0.3 is 5.97 Å². The zero-order chi connectivity index (χ0) is 21.7. The monoisotopic (exact) mass is 430 g/mol. The van der Waals surface area contributed by atoms with Gasteiger partial charge in [0.25, 0.3) is 0 Å². The van der Waals surface area contributed by atoms with Gasteiger partial charge < -0.3 is 24.6 Å². The number of aromatic hydroxyl groups is 2. The van der Waals surface area contributed by atoms with Crippen LogP contribution in [0.5, 0.6) is 17.2 Å². The Hall–Kier alpha value is -2.48. The van der Waals surface area contributed by atoms with Gasteiger partial charge in [-0.1, -0.05) is 0 Å². The third-order valence-corrected chi connectivity index (χ3v) is 7.68. The zero-order valence-corrected chi connectivity index (χ0v) is 17.8. The van der Waals surface area contributed by atoms with E-state index in [-0.39, 0.29) is 28.9 Å². The fraction of sp³-hybridized carbons (Fsp3) is 0.652. The van der Waals surface area contributed by atoms with Crippen LogP contribution < -0.4 is 4.74 Å². The van der Waals surface area contributed by atoms with Gasteiger partial charge in [-0.25, -0.2) is 4.79 Å². The molecule has 0 aliphatic carbocycles. The second-order valence-electron chi connectivity index (χ2n) is 9.42. The molecule has 4 heterocycles. The maximum absolute atomic E-state index is 12.7. The van der Waals surface area contributed by atoms with Crippen LogP contribution in [-0.2, 0) is 9.53 Å². The molecule has 0 saturated carbocycles. The molecule has 8 nitrogen and oxygen atoms in total. The Kier molecular flexibility index (Phi) is 5.20. The number of carbonyl (C=O) groups is 2. The lowest BCUT2D eigenvalue weighted by molar-refractivity contribution is -0.150. The van der Waals surface area contributed by atoms with E-state index < -0.39 is 5.97 Å². The molecule has 4 aliphatic heterocycles. The van der Waals surface area contributed by atoms with Crippen molar-refractivity contribution in [3.63, 3.8) is 0 Å². The van der Waals surface area contributed by atoms with Crippen molar-refractivity contribution in [2.75, 3.05) is 26.7 Å². The van der Waals surface area contributed by atoms with Crippen molar-refractivity contribution >= 4 is 11.9 Å². The number of rotatable bonds is 3. The summed E-state index contributed by atoms with van der Waals surface area (Å²) in [6.45, 7) is 2.73. The van der Waals surface area contributed by atoms with Crippen molar-refractivity contribution < 1.29 is 29.3 Å². The van der Waals surface area contributed by atoms with Crippen LogP contribution in [0.1, 0.15) is 48.9 Å². The molecular weight excluding hydrogens is 400 g/mol. The number of benzene rings is 1. The molecule has 0 aromatic heterocycles. The minimum Gasteiger partial charge on any atom is -0.504 e. The summed E-state index contributed by atoms with van der Waals surface area (Å²) in [6.07, 6.45) is 5.27. The van der Waals surface area contributed by atoms with E-state index in [1.54, 1.807) is 0 Å². The van der Waals surface area contributed by atoms with Crippen molar-refractivity contribution in [3.8, 4) is 17.2 Å². The summed E-state index contributed by atoms with van der Waals surface area (Å²) < 4.78 is 10.7. The number of methoxy groups -OCH3 is 1. The molecule has 1 aromatic rings. The van der Waals surface area contributed by atoms with Gasteiger partial charge in [0, 0.05) is 44.6 Å². The van der Waals surface area contributed by atoms with Gasteiger partial charge in [0.15, 0.2) is 11.5 Å². The number of fused-ring (bicyclic) bond motifs is 6. The maximum Gasteiger partial charge on any atom is 0.338 e. The van der Waals surface area contributed by atoms with E-state index in [0.29, 0.717) is 36.2 Å². The fourth-order valence-corrected chi connectivity index (χ4v) is 6.30. The molecule has 0 radical (unpaired) electrons. The number of phenolic OH excluding ortho intramolecular Hbond substituents is 2. The first-order chi connectivity index (χ1) is 14.9. The number of esters is 1. The van der Waals surface area contributed by atoms with Crippen LogP contribution >= 0.6 is 0 Å². The average molecular weight is 431 g/mol. The summed E-state index contributed by atoms with van der Waals surface area (Å²) in [5.41, 5.74) is 0.0985. The minimum absolute atomic E-state index is 0.0653. The fourth-order valence-electron chi connectivity index (χ4n) is 6.30. The van der Waals surface area contributed by atoms with E-state index in [1.165, 1.54) is 19.2 Å². The van der Waals surface area contributed by atoms with Gasteiger partial charge in [-0.3, -0.25) is 9.69 Å². The number of phenols is 2. The van der Waals surface area contributed by atoms with Gasteiger partial charge in [-0.15, -0.1) is 0 Å². The predicted molar refractivity (Wildman–Crippen MR) is 111 cm³/mol. The summed E-state index contributed by atoms with van der Waals surface area (Å²) >= 11 is 0. The quantitative estimate of drug-likeness (QED) is 0.709. The lowest BCUT2D eigenvalue weighted by Gasteiger charge is -2.57. The largest absolute Gasteiger partial charge is 0.504 e. The molecule has 168 valence electrons. The molecule has 4 saturated heterocycles. The Bertz CT molecular complexity index is 866. The number of nitrogens with zero attached hydrogens (tertiary/aromatic N) is 2. The summed E-state index contributed by atoms with van der Waals surface area (Å²) in [6, 6.07) is 3.23. The van der Waals surface area contributed by atoms with Gasteiger partial charge in [0.2, 0.25) is 11.7 Å². The maximum atomic E-state index is 12.7. The first-order valence-electron chi connectivity index (χ1n) is 11.3. The van der Waals surface area contributed by atoms with E-state index in [1.807, 2.05) is 0 Å². The second kappa shape index (κ2) is 7.89. The average Bonchev–Trinajstić information content (AvgIpc) is 2.75. The van der Waals surface area contributed by atoms with Crippen LogP contribution in [0.25, 0.3) is 0 Å². The molecule has 2 N–H and O–H groups in total. The van der Waals surface area contributed by atoms with Crippen LogP contribution in [0, 0.1) is 11.8 Å². The molecule has 0 unspecified atom stereocenters. The van der Waals surface area contributed by atoms with E-state index >= 15 is 0 Å². The number of hydrogen-bond donors (Lipinski definition) is 2. The van der Waals surface area contributed by atoms with Crippen molar-refractivity contribution in [1.82, 2.24) is 9.80 Å². The highest BCUT2D eigenvalue weighted by Crippen LogP contribution is 2.43. The smallest absolute Gasteiger partial charge is 0.338 e. The van der Waals surface area contributed by atoms with Crippen LogP contribution in [-0.4, -0.2) is 76.8 Å².